The summed E-state index contributed by atoms with van der Waals surface area (Å²) >= 11 is 0. The van der Waals surface area contributed by atoms with Gasteiger partial charge in [-0.1, -0.05) is 45.1 Å². The van der Waals surface area contributed by atoms with Crippen molar-refractivity contribution in [2.75, 3.05) is 26.4 Å². The molecule has 0 saturated heterocycles. The molecule has 0 aromatic heterocycles. The lowest BCUT2D eigenvalue weighted by molar-refractivity contribution is -0.121. The minimum atomic E-state index is 0.172. The van der Waals surface area contributed by atoms with Crippen molar-refractivity contribution >= 4 is 5.91 Å². The first-order valence-corrected chi connectivity index (χ1v) is 9.45. The van der Waals surface area contributed by atoms with Gasteiger partial charge in [-0.25, -0.2) is 0 Å². The van der Waals surface area contributed by atoms with Crippen molar-refractivity contribution in [1.29, 1.82) is 0 Å². The quantitative estimate of drug-likeness (QED) is 0.242. The average molecular weight is 327 g/mol. The van der Waals surface area contributed by atoms with Gasteiger partial charge in [0.05, 0.1) is 6.67 Å². The first-order chi connectivity index (χ1) is 11.2. The molecule has 0 unspecified atom stereocenters. The van der Waals surface area contributed by atoms with Crippen molar-refractivity contribution in [3.8, 4) is 0 Å². The lowest BCUT2D eigenvalue weighted by Gasteiger charge is -2.20. The molecule has 0 rings (SSSR count). The number of carbonyl (C=O) groups excluding carboxylic acids is 1. The molecule has 23 heavy (non-hydrogen) atoms. The van der Waals surface area contributed by atoms with Crippen LogP contribution in [0.3, 0.4) is 0 Å². The molecule has 0 aliphatic heterocycles. The highest BCUT2D eigenvalue weighted by molar-refractivity contribution is 5.75. The molecule has 4 nitrogen and oxygen atoms in total. The summed E-state index contributed by atoms with van der Waals surface area (Å²) in [5, 5.41) is 11.8. The maximum absolute atomic E-state index is 11.8. The first kappa shape index (κ1) is 22.1. The SMILES string of the molecule is C=CCCCCCC(=O)NCN(CC)CCCCCCCCO. The average Bonchev–Trinajstić information content (AvgIpc) is 2.56. The van der Waals surface area contributed by atoms with Gasteiger partial charge in [0.2, 0.25) is 5.91 Å². The van der Waals surface area contributed by atoms with Crippen LogP contribution in [0.15, 0.2) is 12.7 Å². The zero-order valence-corrected chi connectivity index (χ0v) is 15.2. The summed E-state index contributed by atoms with van der Waals surface area (Å²) in [6.45, 7) is 8.87. The maximum atomic E-state index is 11.8. The zero-order chi connectivity index (χ0) is 17.2. The summed E-state index contributed by atoms with van der Waals surface area (Å²) in [5.74, 6) is 0.172. The lowest BCUT2D eigenvalue weighted by Crippen LogP contribution is -2.38. The zero-order valence-electron chi connectivity index (χ0n) is 15.2. The number of aliphatic hydroxyl groups is 1. The van der Waals surface area contributed by atoms with Crippen molar-refractivity contribution in [3.05, 3.63) is 12.7 Å². The summed E-state index contributed by atoms with van der Waals surface area (Å²) in [6.07, 6.45) is 13.8. The summed E-state index contributed by atoms with van der Waals surface area (Å²) in [5.41, 5.74) is 0. The van der Waals surface area contributed by atoms with Crippen molar-refractivity contribution in [2.45, 2.75) is 77.6 Å². The van der Waals surface area contributed by atoms with E-state index in [0.717, 1.165) is 51.6 Å². The van der Waals surface area contributed by atoms with Crippen LogP contribution in [-0.4, -0.2) is 42.3 Å². The van der Waals surface area contributed by atoms with Crippen LogP contribution in [0.2, 0.25) is 0 Å². The monoisotopic (exact) mass is 326 g/mol. The molecule has 0 atom stereocenters. The molecule has 2 N–H and O–H groups in total. The van der Waals surface area contributed by atoms with Crippen LogP contribution in [0.1, 0.15) is 77.6 Å². The van der Waals surface area contributed by atoms with Gasteiger partial charge in [-0.05, 0) is 45.2 Å². The van der Waals surface area contributed by atoms with E-state index < -0.39 is 0 Å². The molecule has 0 aromatic rings. The van der Waals surface area contributed by atoms with Crippen LogP contribution in [0.5, 0.6) is 0 Å². The fraction of sp³-hybridized carbons (Fsp3) is 0.842. The highest BCUT2D eigenvalue weighted by Gasteiger charge is 2.05. The standard InChI is InChI=1S/C19H38N2O2/c1-3-5-6-9-12-15-19(23)20-18-21(4-2)16-13-10-7-8-11-14-17-22/h3,22H,1,4-18H2,2H3,(H,20,23). The second-order valence-corrected chi connectivity index (χ2v) is 6.20. The summed E-state index contributed by atoms with van der Waals surface area (Å²) in [4.78, 5) is 14.1. The minimum absolute atomic E-state index is 0.172. The molecule has 0 saturated carbocycles. The van der Waals surface area contributed by atoms with E-state index in [1.54, 1.807) is 0 Å². The van der Waals surface area contributed by atoms with Crippen molar-refractivity contribution in [3.63, 3.8) is 0 Å². The highest BCUT2D eigenvalue weighted by Crippen LogP contribution is 2.06. The Morgan fingerprint density at radius 2 is 1.70 bits per heavy atom. The molecule has 136 valence electrons. The Kier molecular flexibility index (Phi) is 16.8. The third kappa shape index (κ3) is 15.8. The van der Waals surface area contributed by atoms with E-state index in [1.807, 2.05) is 6.08 Å². The molecule has 0 spiro atoms. The molecule has 4 heteroatoms. The van der Waals surface area contributed by atoms with Gasteiger partial charge in [0.25, 0.3) is 0 Å². The van der Waals surface area contributed by atoms with Gasteiger partial charge in [-0.2, -0.15) is 0 Å². The molecule has 0 aliphatic rings. The number of hydrogen-bond donors (Lipinski definition) is 2. The summed E-state index contributed by atoms with van der Waals surface area (Å²) in [7, 11) is 0. The Morgan fingerprint density at radius 3 is 2.35 bits per heavy atom. The Morgan fingerprint density at radius 1 is 1.04 bits per heavy atom. The Hall–Kier alpha value is -0.870. The van der Waals surface area contributed by atoms with Crippen molar-refractivity contribution in [2.24, 2.45) is 0 Å². The number of rotatable bonds is 17. The number of carbonyl (C=O) groups is 1. The Balaban J connectivity index is 3.52. The molecule has 0 radical (unpaired) electrons. The molecular weight excluding hydrogens is 288 g/mol. The van der Waals surface area contributed by atoms with Crippen LogP contribution < -0.4 is 5.32 Å². The molecule has 0 aliphatic carbocycles. The number of hydrogen-bond acceptors (Lipinski definition) is 3. The maximum Gasteiger partial charge on any atom is 0.220 e. The van der Waals surface area contributed by atoms with E-state index >= 15 is 0 Å². The van der Waals surface area contributed by atoms with Gasteiger partial charge < -0.3 is 10.4 Å². The third-order valence-corrected chi connectivity index (χ3v) is 4.14. The second kappa shape index (κ2) is 17.5. The van der Waals surface area contributed by atoms with E-state index in [0.29, 0.717) is 19.7 Å². The largest absolute Gasteiger partial charge is 0.396 e. The van der Waals surface area contributed by atoms with E-state index in [4.69, 9.17) is 5.11 Å². The second-order valence-electron chi connectivity index (χ2n) is 6.20. The summed E-state index contributed by atoms with van der Waals surface area (Å²) in [6, 6.07) is 0. The Labute approximate surface area is 143 Å². The Bertz CT molecular complexity index is 283. The number of nitrogens with zero attached hydrogens (tertiary/aromatic N) is 1. The van der Waals surface area contributed by atoms with Crippen LogP contribution >= 0.6 is 0 Å². The van der Waals surface area contributed by atoms with E-state index in [-0.39, 0.29) is 5.91 Å². The predicted octanol–water partition coefficient (Wildman–Crippen LogP) is 3.85. The fourth-order valence-corrected chi connectivity index (χ4v) is 2.54. The van der Waals surface area contributed by atoms with E-state index in [9.17, 15) is 4.79 Å². The van der Waals surface area contributed by atoms with Crippen LogP contribution in [-0.2, 0) is 4.79 Å². The normalized spacial score (nSPS) is 10.9. The number of nitrogens with one attached hydrogen (secondary N) is 1. The molecular formula is C19H38N2O2. The number of aliphatic hydroxyl groups excluding tert-OH is 1. The highest BCUT2D eigenvalue weighted by atomic mass is 16.2. The van der Waals surface area contributed by atoms with Crippen molar-refractivity contribution in [1.82, 2.24) is 10.2 Å². The molecule has 1 amide bonds. The number of amides is 1. The van der Waals surface area contributed by atoms with Crippen LogP contribution in [0.4, 0.5) is 0 Å². The predicted molar refractivity (Wildman–Crippen MR) is 98.3 cm³/mol. The van der Waals surface area contributed by atoms with Gasteiger partial charge in [-0.3, -0.25) is 9.69 Å². The van der Waals surface area contributed by atoms with Crippen LogP contribution in [0.25, 0.3) is 0 Å². The molecule has 0 fully saturated rings. The van der Waals surface area contributed by atoms with Gasteiger partial charge in [0.1, 0.15) is 0 Å². The fourth-order valence-electron chi connectivity index (χ4n) is 2.54. The van der Waals surface area contributed by atoms with Crippen molar-refractivity contribution < 1.29 is 9.90 Å². The van der Waals surface area contributed by atoms with Gasteiger partial charge in [-0.15, -0.1) is 6.58 Å². The molecule has 0 bridgehead atoms. The molecule has 0 heterocycles. The molecule has 0 aromatic carbocycles. The lowest BCUT2D eigenvalue weighted by atomic mass is 10.1. The van der Waals surface area contributed by atoms with E-state index in [2.05, 4.69) is 23.7 Å². The van der Waals surface area contributed by atoms with Gasteiger partial charge in [0, 0.05) is 13.0 Å². The van der Waals surface area contributed by atoms with E-state index in [1.165, 1.54) is 25.7 Å². The minimum Gasteiger partial charge on any atom is -0.396 e. The van der Waals surface area contributed by atoms with Crippen LogP contribution in [0, 0.1) is 0 Å². The van der Waals surface area contributed by atoms with Gasteiger partial charge in [0.15, 0.2) is 0 Å². The summed E-state index contributed by atoms with van der Waals surface area (Å²) < 4.78 is 0. The smallest absolute Gasteiger partial charge is 0.220 e. The number of allylic oxidation sites excluding steroid dienone is 1. The third-order valence-electron chi connectivity index (χ3n) is 4.14. The topological polar surface area (TPSA) is 52.6 Å². The number of unbranched alkanes of at least 4 members (excludes halogenated alkanes) is 8. The first-order valence-electron chi connectivity index (χ1n) is 9.45. The van der Waals surface area contributed by atoms with Gasteiger partial charge >= 0.3 is 0 Å².